The number of aliphatic hydroxyl groups excluding tert-OH is 1. The van der Waals surface area contributed by atoms with Crippen LogP contribution in [0.25, 0.3) is 0 Å². The monoisotopic (exact) mass is 157 g/mol. The summed E-state index contributed by atoms with van der Waals surface area (Å²) in [7, 11) is 0. The first-order valence-corrected chi connectivity index (χ1v) is 3.77. The maximum absolute atomic E-state index is 10.5. The fraction of sp³-hybridized carbons (Fsp3) is 0.857. The van der Waals surface area contributed by atoms with Gasteiger partial charge in [0.15, 0.2) is 0 Å². The molecule has 1 saturated carbocycles. The van der Waals surface area contributed by atoms with Crippen molar-refractivity contribution in [1.82, 2.24) is 4.90 Å². The van der Waals surface area contributed by atoms with Gasteiger partial charge in [0, 0.05) is 18.0 Å². The molecule has 11 heavy (non-hydrogen) atoms. The lowest BCUT2D eigenvalue weighted by Gasteiger charge is -2.34. The van der Waals surface area contributed by atoms with Crippen LogP contribution in [0.1, 0.15) is 12.8 Å². The Hall–Kier alpha value is -0.770. The molecule has 3 rings (SSSR count). The van der Waals surface area contributed by atoms with Crippen LogP contribution in [-0.4, -0.2) is 40.4 Å². The number of nitrogens with zero attached hydrogens (tertiary/aromatic N) is 1. The van der Waals surface area contributed by atoms with Gasteiger partial charge in [-0.2, -0.15) is 0 Å². The molecule has 0 spiro atoms. The van der Waals surface area contributed by atoms with Gasteiger partial charge in [-0.3, -0.25) is 0 Å². The van der Waals surface area contributed by atoms with Gasteiger partial charge in [-0.25, -0.2) is 4.79 Å². The zero-order chi connectivity index (χ0) is 8.06. The van der Waals surface area contributed by atoms with Crippen molar-refractivity contribution in [2.45, 2.75) is 18.9 Å². The third-order valence-corrected chi connectivity index (χ3v) is 2.86. The molecule has 2 saturated heterocycles. The summed E-state index contributed by atoms with van der Waals surface area (Å²) in [5.74, 6) is 0. The average molecular weight is 157 g/mol. The minimum absolute atomic E-state index is 0.0664. The number of carbonyl (C=O) groups is 1. The minimum Gasteiger partial charge on any atom is -0.465 e. The van der Waals surface area contributed by atoms with Crippen molar-refractivity contribution in [3.05, 3.63) is 0 Å². The number of rotatable bonds is 1. The SMILES string of the molecule is O=C(O)N1CC2(CO)CC1C2. The highest BCUT2D eigenvalue weighted by Gasteiger charge is 2.56. The van der Waals surface area contributed by atoms with E-state index in [9.17, 15) is 4.79 Å². The summed E-state index contributed by atoms with van der Waals surface area (Å²) in [6, 6.07) is 0.194. The van der Waals surface area contributed by atoms with E-state index >= 15 is 0 Å². The molecule has 3 fully saturated rings. The number of hydrogen-bond donors (Lipinski definition) is 2. The van der Waals surface area contributed by atoms with Crippen LogP contribution in [0.4, 0.5) is 4.79 Å². The normalized spacial score (nSPS) is 40.5. The molecule has 2 N–H and O–H groups in total. The molecule has 4 heteroatoms. The van der Waals surface area contributed by atoms with Crippen molar-refractivity contribution >= 4 is 6.09 Å². The van der Waals surface area contributed by atoms with Crippen LogP contribution < -0.4 is 0 Å². The second-order valence-corrected chi connectivity index (χ2v) is 3.63. The fourth-order valence-corrected chi connectivity index (χ4v) is 2.18. The fourth-order valence-electron chi connectivity index (χ4n) is 2.18. The molecule has 4 nitrogen and oxygen atoms in total. The highest BCUT2D eigenvalue weighted by Crippen LogP contribution is 2.51. The number of fused-ring (bicyclic) bond motifs is 1. The van der Waals surface area contributed by atoms with E-state index in [0.717, 1.165) is 12.8 Å². The largest absolute Gasteiger partial charge is 0.465 e. The van der Waals surface area contributed by atoms with Crippen LogP contribution in [0.5, 0.6) is 0 Å². The molecule has 1 aliphatic carbocycles. The molecule has 2 heterocycles. The standard InChI is InChI=1S/C7H11NO3/c9-4-7-1-5(2-7)8(3-7)6(10)11/h5,9H,1-4H2,(H,10,11). The average Bonchev–Trinajstić information content (AvgIpc) is 2.38. The molecular weight excluding hydrogens is 146 g/mol. The molecule has 0 unspecified atom stereocenters. The summed E-state index contributed by atoms with van der Waals surface area (Å²) >= 11 is 0. The Morgan fingerprint density at radius 1 is 1.64 bits per heavy atom. The summed E-state index contributed by atoms with van der Waals surface area (Å²) in [4.78, 5) is 12.0. The van der Waals surface area contributed by atoms with Crippen molar-refractivity contribution in [2.75, 3.05) is 13.2 Å². The molecule has 0 aromatic carbocycles. The minimum atomic E-state index is -0.845. The van der Waals surface area contributed by atoms with Gasteiger partial charge in [-0.05, 0) is 12.8 Å². The second-order valence-electron chi connectivity index (χ2n) is 3.63. The Morgan fingerprint density at radius 2 is 2.27 bits per heavy atom. The van der Waals surface area contributed by atoms with Gasteiger partial charge in [-0.1, -0.05) is 0 Å². The Bertz CT molecular complexity index is 198. The van der Waals surface area contributed by atoms with Gasteiger partial charge in [0.2, 0.25) is 0 Å². The topological polar surface area (TPSA) is 60.8 Å². The zero-order valence-corrected chi connectivity index (χ0v) is 6.16. The lowest BCUT2D eigenvalue weighted by Crippen LogP contribution is -2.37. The first kappa shape index (κ1) is 6.91. The number of aliphatic hydroxyl groups is 1. The van der Waals surface area contributed by atoms with E-state index in [4.69, 9.17) is 10.2 Å². The lowest BCUT2D eigenvalue weighted by molar-refractivity contribution is 0.0832. The van der Waals surface area contributed by atoms with Gasteiger partial charge < -0.3 is 15.1 Å². The van der Waals surface area contributed by atoms with E-state index < -0.39 is 6.09 Å². The predicted molar refractivity (Wildman–Crippen MR) is 37.3 cm³/mol. The van der Waals surface area contributed by atoms with Gasteiger partial charge in [-0.15, -0.1) is 0 Å². The van der Waals surface area contributed by atoms with E-state index in [1.54, 1.807) is 0 Å². The molecule has 3 aliphatic rings. The van der Waals surface area contributed by atoms with Crippen LogP contribution in [-0.2, 0) is 0 Å². The maximum Gasteiger partial charge on any atom is 0.407 e. The van der Waals surface area contributed by atoms with E-state index in [1.807, 2.05) is 0 Å². The quantitative estimate of drug-likeness (QED) is 0.568. The molecule has 1 amide bonds. The third-order valence-electron chi connectivity index (χ3n) is 2.86. The van der Waals surface area contributed by atoms with Crippen LogP contribution >= 0.6 is 0 Å². The Kier molecular flexibility index (Phi) is 1.18. The molecule has 0 aromatic rings. The molecule has 0 aromatic heterocycles. The maximum atomic E-state index is 10.5. The van der Waals surface area contributed by atoms with Gasteiger partial charge in [0.05, 0.1) is 6.61 Å². The summed E-state index contributed by atoms with van der Waals surface area (Å²) in [6.45, 7) is 0.663. The molecule has 62 valence electrons. The summed E-state index contributed by atoms with van der Waals surface area (Å²) in [6.07, 6.45) is 0.869. The zero-order valence-electron chi connectivity index (χ0n) is 6.16. The van der Waals surface area contributed by atoms with Gasteiger partial charge in [0.1, 0.15) is 0 Å². The molecule has 2 aliphatic heterocycles. The van der Waals surface area contributed by atoms with Crippen molar-refractivity contribution < 1.29 is 15.0 Å². The van der Waals surface area contributed by atoms with E-state index in [1.165, 1.54) is 4.90 Å². The molecule has 0 atom stereocenters. The first-order chi connectivity index (χ1) is 5.17. The smallest absolute Gasteiger partial charge is 0.407 e. The Labute approximate surface area is 64.4 Å². The Morgan fingerprint density at radius 3 is 2.55 bits per heavy atom. The predicted octanol–water partition coefficient (Wildman–Crippen LogP) is 0.121. The second kappa shape index (κ2) is 1.88. The lowest BCUT2D eigenvalue weighted by atomic mass is 9.71. The van der Waals surface area contributed by atoms with Crippen molar-refractivity contribution in [3.8, 4) is 0 Å². The number of carboxylic acid groups (broad SMARTS) is 1. The summed E-state index contributed by atoms with van der Waals surface area (Å²) in [5.41, 5.74) is -0.0664. The number of amides is 1. The summed E-state index contributed by atoms with van der Waals surface area (Å²) < 4.78 is 0. The van der Waals surface area contributed by atoms with Gasteiger partial charge >= 0.3 is 6.09 Å². The first-order valence-electron chi connectivity index (χ1n) is 3.77. The van der Waals surface area contributed by atoms with Crippen LogP contribution in [0.2, 0.25) is 0 Å². The van der Waals surface area contributed by atoms with Crippen LogP contribution in [0, 0.1) is 5.41 Å². The van der Waals surface area contributed by atoms with Crippen molar-refractivity contribution in [2.24, 2.45) is 5.41 Å². The molecular formula is C7H11NO3. The van der Waals surface area contributed by atoms with Crippen molar-refractivity contribution in [1.29, 1.82) is 0 Å². The summed E-state index contributed by atoms with van der Waals surface area (Å²) in [5, 5.41) is 17.6. The van der Waals surface area contributed by atoms with Crippen molar-refractivity contribution in [3.63, 3.8) is 0 Å². The molecule has 0 radical (unpaired) electrons. The van der Waals surface area contributed by atoms with Gasteiger partial charge in [0.25, 0.3) is 0 Å². The molecule has 2 bridgehead atoms. The van der Waals surface area contributed by atoms with E-state index in [-0.39, 0.29) is 18.1 Å². The van der Waals surface area contributed by atoms with Crippen LogP contribution in [0.15, 0.2) is 0 Å². The van der Waals surface area contributed by atoms with Crippen LogP contribution in [0.3, 0.4) is 0 Å². The highest BCUT2D eigenvalue weighted by atomic mass is 16.4. The highest BCUT2D eigenvalue weighted by molar-refractivity contribution is 5.67. The number of hydrogen-bond acceptors (Lipinski definition) is 2. The Balaban J connectivity index is 2.08. The third kappa shape index (κ3) is 0.758. The van der Waals surface area contributed by atoms with E-state index in [0.29, 0.717) is 6.54 Å². The van der Waals surface area contributed by atoms with E-state index in [2.05, 4.69) is 0 Å².